The SMILES string of the molecule is CCN(C(=O)C(Cc1ccccc1)NS(=O)(=O)c1cccc2nsnc12)c1cccc(C)c1. The van der Waals surface area contributed by atoms with Crippen LogP contribution in [-0.2, 0) is 21.2 Å². The number of benzene rings is 3. The van der Waals surface area contributed by atoms with Crippen LogP contribution >= 0.6 is 11.7 Å². The van der Waals surface area contributed by atoms with Crippen molar-refractivity contribution in [3.8, 4) is 0 Å². The van der Waals surface area contributed by atoms with Gasteiger partial charge in [0.1, 0.15) is 22.0 Å². The van der Waals surface area contributed by atoms with Crippen molar-refractivity contribution in [2.75, 3.05) is 11.4 Å². The summed E-state index contributed by atoms with van der Waals surface area (Å²) in [5.74, 6) is -0.320. The number of amides is 1. The number of rotatable bonds is 8. The van der Waals surface area contributed by atoms with Crippen molar-refractivity contribution in [1.82, 2.24) is 13.5 Å². The van der Waals surface area contributed by atoms with E-state index in [0.29, 0.717) is 17.6 Å². The molecule has 1 N–H and O–H groups in total. The molecule has 0 aliphatic rings. The smallest absolute Gasteiger partial charge is 0.245 e. The molecule has 1 amide bonds. The summed E-state index contributed by atoms with van der Waals surface area (Å²) >= 11 is 0.951. The fourth-order valence-corrected chi connectivity index (χ4v) is 5.68. The maximum atomic E-state index is 13.7. The first kappa shape index (κ1) is 23.0. The van der Waals surface area contributed by atoms with E-state index in [1.807, 2.05) is 68.4 Å². The molecule has 0 spiro atoms. The summed E-state index contributed by atoms with van der Waals surface area (Å²) < 4.78 is 37.7. The van der Waals surface area contributed by atoms with Crippen LogP contribution in [0.5, 0.6) is 0 Å². The zero-order valence-corrected chi connectivity index (χ0v) is 19.9. The van der Waals surface area contributed by atoms with E-state index in [2.05, 4.69) is 13.5 Å². The number of anilines is 1. The van der Waals surface area contributed by atoms with E-state index < -0.39 is 16.1 Å². The van der Waals surface area contributed by atoms with Gasteiger partial charge in [-0.2, -0.15) is 13.5 Å². The molecule has 1 aromatic heterocycles. The number of aromatic nitrogens is 2. The second kappa shape index (κ2) is 9.78. The van der Waals surface area contributed by atoms with Gasteiger partial charge in [-0.3, -0.25) is 4.79 Å². The molecule has 0 aliphatic heterocycles. The van der Waals surface area contributed by atoms with Gasteiger partial charge >= 0.3 is 0 Å². The normalized spacial score (nSPS) is 12.5. The number of aryl methyl sites for hydroxylation is 1. The van der Waals surface area contributed by atoms with Gasteiger partial charge in [-0.15, -0.1) is 0 Å². The van der Waals surface area contributed by atoms with E-state index in [-0.39, 0.29) is 17.2 Å². The molecule has 170 valence electrons. The van der Waals surface area contributed by atoms with Gasteiger partial charge in [0, 0.05) is 12.2 Å². The number of likely N-dealkylation sites (N-methyl/N-ethyl adjacent to an activating group) is 1. The highest BCUT2D eigenvalue weighted by molar-refractivity contribution is 7.89. The number of fused-ring (bicyclic) bond motifs is 1. The van der Waals surface area contributed by atoms with Crippen LogP contribution in [-0.4, -0.2) is 35.7 Å². The van der Waals surface area contributed by atoms with Gasteiger partial charge < -0.3 is 4.90 Å². The molecular weight excluding hydrogens is 456 g/mol. The average Bonchev–Trinajstić information content (AvgIpc) is 3.28. The average molecular weight is 481 g/mol. The highest BCUT2D eigenvalue weighted by Gasteiger charge is 2.31. The number of nitrogens with one attached hydrogen (secondary N) is 1. The number of nitrogens with zero attached hydrogens (tertiary/aromatic N) is 3. The molecule has 3 aromatic carbocycles. The van der Waals surface area contributed by atoms with Gasteiger partial charge in [0.05, 0.1) is 11.7 Å². The third kappa shape index (κ3) is 5.11. The highest BCUT2D eigenvalue weighted by atomic mass is 32.2. The Bertz CT molecular complexity index is 1370. The minimum Gasteiger partial charge on any atom is -0.311 e. The standard InChI is InChI=1S/C24H24N4O3S2/c1-3-28(19-12-7-9-17(2)15-19)24(29)21(16-18-10-5-4-6-11-18)27-33(30,31)22-14-8-13-20-23(22)26-32-25-20/h4-15,21,27H,3,16H2,1-2H3. The first-order chi connectivity index (χ1) is 15.9. The van der Waals surface area contributed by atoms with Crippen LogP contribution in [0.4, 0.5) is 5.69 Å². The second-order valence-corrected chi connectivity index (χ2v) is 9.88. The molecule has 4 aromatic rings. The summed E-state index contributed by atoms with van der Waals surface area (Å²) in [7, 11) is -4.05. The van der Waals surface area contributed by atoms with Crippen LogP contribution in [0, 0.1) is 6.92 Å². The van der Waals surface area contributed by atoms with Crippen molar-refractivity contribution in [3.63, 3.8) is 0 Å². The second-order valence-electron chi connectivity index (χ2n) is 7.67. The van der Waals surface area contributed by atoms with Crippen LogP contribution in [0.2, 0.25) is 0 Å². The predicted octanol–water partition coefficient (Wildman–Crippen LogP) is 3.94. The third-order valence-electron chi connectivity index (χ3n) is 5.31. The number of sulfonamides is 1. The molecule has 9 heteroatoms. The molecule has 0 fully saturated rings. The van der Waals surface area contributed by atoms with Crippen LogP contribution < -0.4 is 9.62 Å². The minimum absolute atomic E-state index is 0.0122. The van der Waals surface area contributed by atoms with Crippen molar-refractivity contribution in [2.45, 2.75) is 31.2 Å². The Labute approximate surface area is 197 Å². The molecule has 1 unspecified atom stereocenters. The van der Waals surface area contributed by atoms with Crippen molar-refractivity contribution < 1.29 is 13.2 Å². The summed E-state index contributed by atoms with van der Waals surface area (Å²) in [6, 6.07) is 20.8. The molecule has 33 heavy (non-hydrogen) atoms. The maximum absolute atomic E-state index is 13.7. The molecule has 1 heterocycles. The van der Waals surface area contributed by atoms with Crippen molar-refractivity contribution >= 4 is 44.4 Å². The number of hydrogen-bond donors (Lipinski definition) is 1. The van der Waals surface area contributed by atoms with Crippen molar-refractivity contribution in [2.24, 2.45) is 0 Å². The summed E-state index contributed by atoms with van der Waals surface area (Å²) in [5.41, 5.74) is 3.40. The number of carbonyl (C=O) groups is 1. The molecule has 0 radical (unpaired) electrons. The molecule has 0 bridgehead atoms. The van der Waals surface area contributed by atoms with Gasteiger partial charge in [0.15, 0.2) is 0 Å². The Balaban J connectivity index is 1.71. The Kier molecular flexibility index (Phi) is 6.83. The zero-order valence-electron chi connectivity index (χ0n) is 18.3. The summed E-state index contributed by atoms with van der Waals surface area (Å²) in [6.07, 6.45) is 0.215. The van der Waals surface area contributed by atoms with E-state index >= 15 is 0 Å². The highest BCUT2D eigenvalue weighted by Crippen LogP contribution is 2.23. The quantitative estimate of drug-likeness (QED) is 0.412. The molecule has 1 atom stereocenters. The lowest BCUT2D eigenvalue weighted by atomic mass is 10.1. The lowest BCUT2D eigenvalue weighted by Crippen LogP contribution is -2.50. The first-order valence-corrected chi connectivity index (χ1v) is 12.8. The lowest BCUT2D eigenvalue weighted by Gasteiger charge is -2.27. The van der Waals surface area contributed by atoms with Gasteiger partial charge in [-0.05, 0) is 55.7 Å². The minimum atomic E-state index is -4.05. The fraction of sp³-hybridized carbons (Fsp3) is 0.208. The maximum Gasteiger partial charge on any atom is 0.245 e. The van der Waals surface area contributed by atoms with Gasteiger partial charge in [-0.25, -0.2) is 8.42 Å². The van der Waals surface area contributed by atoms with Crippen LogP contribution in [0.15, 0.2) is 77.7 Å². The Morgan fingerprint density at radius 1 is 1.03 bits per heavy atom. The summed E-state index contributed by atoms with van der Waals surface area (Å²) in [4.78, 5) is 15.3. The summed E-state index contributed by atoms with van der Waals surface area (Å²) in [5, 5.41) is 0. The Hall–Kier alpha value is -3.14. The van der Waals surface area contributed by atoms with Crippen LogP contribution in [0.1, 0.15) is 18.1 Å². The van der Waals surface area contributed by atoms with Gasteiger partial charge in [0.2, 0.25) is 15.9 Å². The Morgan fingerprint density at radius 2 is 1.79 bits per heavy atom. The van der Waals surface area contributed by atoms with E-state index in [1.54, 1.807) is 17.0 Å². The van der Waals surface area contributed by atoms with Crippen molar-refractivity contribution in [3.05, 3.63) is 83.9 Å². The monoisotopic (exact) mass is 480 g/mol. The van der Waals surface area contributed by atoms with E-state index in [4.69, 9.17) is 0 Å². The number of hydrogen-bond acceptors (Lipinski definition) is 6. The van der Waals surface area contributed by atoms with E-state index in [9.17, 15) is 13.2 Å². The Morgan fingerprint density at radius 3 is 2.52 bits per heavy atom. The molecular formula is C24H24N4O3S2. The molecule has 7 nitrogen and oxygen atoms in total. The molecule has 0 saturated carbocycles. The fourth-order valence-electron chi connectivity index (χ4n) is 3.73. The van der Waals surface area contributed by atoms with E-state index in [1.165, 1.54) is 6.07 Å². The first-order valence-electron chi connectivity index (χ1n) is 10.5. The molecule has 4 rings (SSSR count). The van der Waals surface area contributed by atoms with Crippen molar-refractivity contribution in [1.29, 1.82) is 0 Å². The predicted molar refractivity (Wildman–Crippen MR) is 131 cm³/mol. The molecule has 0 saturated heterocycles. The van der Waals surface area contributed by atoms with E-state index in [0.717, 1.165) is 28.5 Å². The topological polar surface area (TPSA) is 92.3 Å². The van der Waals surface area contributed by atoms with Gasteiger partial charge in [-0.1, -0.05) is 48.5 Å². The van der Waals surface area contributed by atoms with Crippen LogP contribution in [0.25, 0.3) is 11.0 Å². The third-order valence-corrected chi connectivity index (χ3v) is 7.36. The summed E-state index contributed by atoms with van der Waals surface area (Å²) in [6.45, 7) is 4.23. The molecule has 0 aliphatic carbocycles. The van der Waals surface area contributed by atoms with Crippen LogP contribution in [0.3, 0.4) is 0 Å². The zero-order chi connectivity index (χ0) is 23.4. The lowest BCUT2D eigenvalue weighted by molar-refractivity contribution is -0.120. The number of carbonyl (C=O) groups excluding carboxylic acids is 1. The largest absolute Gasteiger partial charge is 0.311 e. The van der Waals surface area contributed by atoms with Gasteiger partial charge in [0.25, 0.3) is 0 Å².